The van der Waals surface area contributed by atoms with Crippen molar-refractivity contribution in [3.05, 3.63) is 54.1 Å². The van der Waals surface area contributed by atoms with E-state index in [1.54, 1.807) is 0 Å². The summed E-state index contributed by atoms with van der Waals surface area (Å²) in [5, 5.41) is 0. The van der Waals surface area contributed by atoms with Gasteiger partial charge in [-0.15, -0.1) is 0 Å². The normalized spacial score (nSPS) is 19.6. The van der Waals surface area contributed by atoms with Gasteiger partial charge in [0.15, 0.2) is 0 Å². The summed E-state index contributed by atoms with van der Waals surface area (Å²) in [4.78, 5) is 4.34. The van der Waals surface area contributed by atoms with Gasteiger partial charge in [-0.05, 0) is 12.0 Å². The van der Waals surface area contributed by atoms with Crippen LogP contribution in [-0.2, 0) is 6.42 Å². The van der Waals surface area contributed by atoms with E-state index in [0.29, 0.717) is 6.04 Å². The van der Waals surface area contributed by atoms with Crippen LogP contribution in [0.5, 0.6) is 0 Å². The molecule has 0 saturated heterocycles. The Labute approximate surface area is 83.2 Å². The zero-order valence-electron chi connectivity index (χ0n) is 7.93. The number of nitrogens with zero attached hydrogens (tertiary/aromatic N) is 2. The molecule has 0 unspecified atom stereocenters. The molecule has 2 heteroatoms. The quantitative estimate of drug-likeness (QED) is 0.665. The predicted molar refractivity (Wildman–Crippen MR) is 55.1 cm³/mol. The van der Waals surface area contributed by atoms with Gasteiger partial charge in [-0.3, -0.25) is 0 Å². The minimum absolute atomic E-state index is 0.508. The van der Waals surface area contributed by atoms with Gasteiger partial charge >= 0.3 is 0 Å². The van der Waals surface area contributed by atoms with Crippen molar-refractivity contribution < 1.29 is 0 Å². The molecule has 1 aromatic carbocycles. The van der Waals surface area contributed by atoms with Gasteiger partial charge in [0.25, 0.3) is 0 Å². The number of imidazole rings is 1. The standard InChI is InChI=1S/C12H12N2/c1-2-4-10(5-3-1)11-6-7-12-13-8-9-14(11)12/h1-5,8-9,11H,6-7H2/t11-/m1/s1. The Morgan fingerprint density at radius 3 is 2.93 bits per heavy atom. The summed E-state index contributed by atoms with van der Waals surface area (Å²) in [5.74, 6) is 1.22. The van der Waals surface area contributed by atoms with Crippen LogP contribution in [0.15, 0.2) is 42.7 Å². The second kappa shape index (κ2) is 2.98. The maximum Gasteiger partial charge on any atom is 0.109 e. The van der Waals surface area contributed by atoms with E-state index in [-0.39, 0.29) is 0 Å². The topological polar surface area (TPSA) is 17.8 Å². The molecule has 0 spiro atoms. The summed E-state index contributed by atoms with van der Waals surface area (Å²) in [7, 11) is 0. The summed E-state index contributed by atoms with van der Waals surface area (Å²) in [6, 6.07) is 11.2. The molecule has 0 radical (unpaired) electrons. The Bertz CT molecular complexity index is 431. The molecule has 70 valence electrons. The number of hydrogen-bond acceptors (Lipinski definition) is 1. The van der Waals surface area contributed by atoms with Crippen molar-refractivity contribution in [1.82, 2.24) is 9.55 Å². The van der Waals surface area contributed by atoms with E-state index in [4.69, 9.17) is 0 Å². The van der Waals surface area contributed by atoms with Crippen LogP contribution < -0.4 is 0 Å². The fourth-order valence-electron chi connectivity index (χ4n) is 2.23. The Hall–Kier alpha value is -1.57. The SMILES string of the molecule is c1ccc([C@H]2CCc3nccn32)cc1. The van der Waals surface area contributed by atoms with E-state index < -0.39 is 0 Å². The van der Waals surface area contributed by atoms with Crippen molar-refractivity contribution in [3.8, 4) is 0 Å². The van der Waals surface area contributed by atoms with Crippen molar-refractivity contribution in [2.45, 2.75) is 18.9 Å². The molecule has 1 aliphatic heterocycles. The molecule has 0 aliphatic carbocycles. The first-order valence-corrected chi connectivity index (χ1v) is 5.02. The maximum absolute atomic E-state index is 4.34. The number of hydrogen-bond donors (Lipinski definition) is 0. The van der Waals surface area contributed by atoms with E-state index in [9.17, 15) is 0 Å². The van der Waals surface area contributed by atoms with Crippen LogP contribution in [0.3, 0.4) is 0 Å². The summed E-state index contributed by atoms with van der Waals surface area (Å²) in [6.45, 7) is 0. The van der Waals surface area contributed by atoms with Crippen LogP contribution >= 0.6 is 0 Å². The average Bonchev–Trinajstić information content (AvgIpc) is 2.79. The number of benzene rings is 1. The lowest BCUT2D eigenvalue weighted by atomic mass is 10.1. The molecule has 1 atom stereocenters. The van der Waals surface area contributed by atoms with Crippen LogP contribution in [0.1, 0.15) is 23.9 Å². The van der Waals surface area contributed by atoms with Crippen molar-refractivity contribution in [2.75, 3.05) is 0 Å². The highest BCUT2D eigenvalue weighted by molar-refractivity contribution is 5.23. The van der Waals surface area contributed by atoms with Gasteiger partial charge in [-0.2, -0.15) is 0 Å². The Kier molecular flexibility index (Phi) is 1.66. The highest BCUT2D eigenvalue weighted by Crippen LogP contribution is 2.30. The van der Waals surface area contributed by atoms with Crippen LogP contribution in [0.4, 0.5) is 0 Å². The maximum atomic E-state index is 4.34. The Morgan fingerprint density at radius 2 is 2.07 bits per heavy atom. The molecule has 2 nitrogen and oxygen atoms in total. The number of fused-ring (bicyclic) bond motifs is 1. The van der Waals surface area contributed by atoms with E-state index >= 15 is 0 Å². The molecule has 14 heavy (non-hydrogen) atoms. The molecule has 0 fully saturated rings. The first kappa shape index (κ1) is 7.80. The highest BCUT2D eigenvalue weighted by atomic mass is 15.1. The van der Waals surface area contributed by atoms with Gasteiger partial charge in [-0.25, -0.2) is 4.98 Å². The van der Waals surface area contributed by atoms with Gasteiger partial charge in [-0.1, -0.05) is 30.3 Å². The van der Waals surface area contributed by atoms with Gasteiger partial charge in [0, 0.05) is 18.8 Å². The first-order chi connectivity index (χ1) is 6.95. The summed E-state index contributed by atoms with van der Waals surface area (Å²) < 4.78 is 2.29. The van der Waals surface area contributed by atoms with Gasteiger partial charge in [0.1, 0.15) is 5.82 Å². The molecule has 0 amide bonds. The first-order valence-electron chi connectivity index (χ1n) is 5.02. The molecule has 2 heterocycles. The van der Waals surface area contributed by atoms with E-state index in [1.165, 1.54) is 17.8 Å². The van der Waals surface area contributed by atoms with Crippen LogP contribution in [0.25, 0.3) is 0 Å². The lowest BCUT2D eigenvalue weighted by molar-refractivity contribution is 0.621. The van der Waals surface area contributed by atoms with Crippen LogP contribution in [0, 0.1) is 0 Å². The molecule has 3 rings (SSSR count). The fourth-order valence-corrected chi connectivity index (χ4v) is 2.23. The largest absolute Gasteiger partial charge is 0.327 e. The van der Waals surface area contributed by atoms with Gasteiger partial charge < -0.3 is 4.57 Å². The fraction of sp³-hybridized carbons (Fsp3) is 0.250. The summed E-state index contributed by atoms with van der Waals surface area (Å²) in [5.41, 5.74) is 1.39. The van der Waals surface area contributed by atoms with Crippen LogP contribution in [0.2, 0.25) is 0 Å². The Balaban J connectivity index is 2.03. The summed E-state index contributed by atoms with van der Waals surface area (Å²) in [6.07, 6.45) is 6.27. The Morgan fingerprint density at radius 1 is 1.21 bits per heavy atom. The second-order valence-corrected chi connectivity index (χ2v) is 3.72. The molecule has 1 aromatic heterocycles. The molecular weight excluding hydrogens is 172 g/mol. The molecule has 0 saturated carbocycles. The van der Waals surface area contributed by atoms with E-state index in [2.05, 4.69) is 46.1 Å². The zero-order chi connectivity index (χ0) is 9.38. The zero-order valence-corrected chi connectivity index (χ0v) is 7.93. The smallest absolute Gasteiger partial charge is 0.109 e. The summed E-state index contributed by atoms with van der Waals surface area (Å²) >= 11 is 0. The third-order valence-corrected chi connectivity index (χ3v) is 2.91. The molecule has 1 aliphatic rings. The lowest BCUT2D eigenvalue weighted by Gasteiger charge is -2.12. The number of aryl methyl sites for hydroxylation is 1. The van der Waals surface area contributed by atoms with E-state index in [0.717, 1.165) is 6.42 Å². The van der Waals surface area contributed by atoms with Crippen molar-refractivity contribution in [1.29, 1.82) is 0 Å². The molecular formula is C12H12N2. The minimum atomic E-state index is 0.508. The predicted octanol–water partition coefficient (Wildman–Crippen LogP) is 2.42. The van der Waals surface area contributed by atoms with Crippen LogP contribution in [-0.4, -0.2) is 9.55 Å². The minimum Gasteiger partial charge on any atom is -0.327 e. The number of rotatable bonds is 1. The molecule has 2 aromatic rings. The number of aromatic nitrogens is 2. The second-order valence-electron chi connectivity index (χ2n) is 3.72. The molecule has 0 N–H and O–H groups in total. The van der Waals surface area contributed by atoms with Gasteiger partial charge in [0.2, 0.25) is 0 Å². The van der Waals surface area contributed by atoms with Gasteiger partial charge in [0.05, 0.1) is 6.04 Å². The molecule has 0 bridgehead atoms. The van der Waals surface area contributed by atoms with Crippen molar-refractivity contribution in [2.24, 2.45) is 0 Å². The third kappa shape index (κ3) is 1.07. The lowest BCUT2D eigenvalue weighted by Crippen LogP contribution is -2.03. The van der Waals surface area contributed by atoms with E-state index in [1.807, 2.05) is 6.20 Å². The van der Waals surface area contributed by atoms with Crippen molar-refractivity contribution in [3.63, 3.8) is 0 Å². The monoisotopic (exact) mass is 184 g/mol. The third-order valence-electron chi connectivity index (χ3n) is 2.91. The van der Waals surface area contributed by atoms with Crippen molar-refractivity contribution >= 4 is 0 Å². The average molecular weight is 184 g/mol. The highest BCUT2D eigenvalue weighted by Gasteiger charge is 2.22.